The van der Waals surface area contributed by atoms with E-state index < -0.39 is 0 Å². The largest absolute Gasteiger partial charge is 0.493 e. The van der Waals surface area contributed by atoms with E-state index in [2.05, 4.69) is 23.6 Å². The SMILES string of the molecule is CCN(CC)CCn1nc2c3ccccc3c(=O)c3c(=NCCN(C)C)ccc(c1O)c32. The second-order valence-electron chi connectivity index (χ2n) is 8.36. The highest BCUT2D eigenvalue weighted by atomic mass is 16.3. The first-order valence-electron chi connectivity index (χ1n) is 11.2. The zero-order valence-electron chi connectivity index (χ0n) is 19.3. The molecule has 0 aliphatic rings. The van der Waals surface area contributed by atoms with E-state index in [0.717, 1.165) is 37.1 Å². The van der Waals surface area contributed by atoms with E-state index in [1.54, 1.807) is 4.68 Å². The van der Waals surface area contributed by atoms with Crippen LogP contribution < -0.4 is 10.8 Å². The first-order chi connectivity index (χ1) is 15.5. The summed E-state index contributed by atoms with van der Waals surface area (Å²) >= 11 is 0. The Morgan fingerprint density at radius 2 is 1.69 bits per heavy atom. The Morgan fingerprint density at radius 1 is 0.969 bits per heavy atom. The van der Waals surface area contributed by atoms with Gasteiger partial charge in [-0.2, -0.15) is 5.10 Å². The van der Waals surface area contributed by atoms with Crippen molar-refractivity contribution in [3.63, 3.8) is 0 Å². The monoisotopic (exact) mass is 433 g/mol. The number of hydrogen-bond acceptors (Lipinski definition) is 6. The van der Waals surface area contributed by atoms with Gasteiger partial charge in [-0.1, -0.05) is 38.1 Å². The lowest BCUT2D eigenvalue weighted by molar-refractivity contribution is 0.275. The van der Waals surface area contributed by atoms with Gasteiger partial charge in [-0.3, -0.25) is 9.79 Å². The Kier molecular flexibility index (Phi) is 6.39. The molecule has 0 saturated heterocycles. The lowest BCUT2D eigenvalue weighted by Gasteiger charge is -2.20. The predicted octanol–water partition coefficient (Wildman–Crippen LogP) is 2.65. The molecule has 0 aliphatic heterocycles. The molecule has 1 heterocycles. The van der Waals surface area contributed by atoms with Gasteiger partial charge in [0.25, 0.3) is 0 Å². The Morgan fingerprint density at radius 3 is 2.38 bits per heavy atom. The van der Waals surface area contributed by atoms with Gasteiger partial charge in [-0.15, -0.1) is 0 Å². The fraction of sp³-hybridized carbons (Fsp3) is 0.400. The Balaban J connectivity index is 2.02. The molecule has 0 spiro atoms. The summed E-state index contributed by atoms with van der Waals surface area (Å²) in [5.74, 6) is 0.0872. The molecule has 0 bridgehead atoms. The maximum atomic E-state index is 13.5. The molecule has 0 atom stereocenters. The van der Waals surface area contributed by atoms with Crippen molar-refractivity contribution >= 4 is 32.4 Å². The Labute approximate surface area is 187 Å². The van der Waals surface area contributed by atoms with Crippen LogP contribution in [0.15, 0.2) is 46.2 Å². The highest BCUT2D eigenvalue weighted by Crippen LogP contribution is 2.32. The van der Waals surface area contributed by atoms with Crippen molar-refractivity contribution in [1.29, 1.82) is 0 Å². The summed E-state index contributed by atoms with van der Waals surface area (Å²) in [6.07, 6.45) is 0. The summed E-state index contributed by atoms with van der Waals surface area (Å²) in [5.41, 5.74) is 0.664. The fourth-order valence-electron chi connectivity index (χ4n) is 4.26. The summed E-state index contributed by atoms with van der Waals surface area (Å²) in [7, 11) is 4.00. The lowest BCUT2D eigenvalue weighted by Crippen LogP contribution is -2.28. The maximum Gasteiger partial charge on any atom is 0.215 e. The van der Waals surface area contributed by atoms with E-state index in [-0.39, 0.29) is 11.3 Å². The van der Waals surface area contributed by atoms with Crippen molar-refractivity contribution in [3.05, 3.63) is 52.0 Å². The van der Waals surface area contributed by atoms with Gasteiger partial charge in [0.1, 0.15) is 5.52 Å². The predicted molar refractivity (Wildman–Crippen MR) is 131 cm³/mol. The number of aromatic hydroxyl groups is 1. The molecule has 0 amide bonds. The van der Waals surface area contributed by atoms with Gasteiger partial charge in [0.05, 0.1) is 23.8 Å². The highest BCUT2D eigenvalue weighted by Gasteiger charge is 2.19. The number of rotatable bonds is 8. The van der Waals surface area contributed by atoms with Crippen molar-refractivity contribution in [2.75, 3.05) is 46.8 Å². The van der Waals surface area contributed by atoms with Crippen molar-refractivity contribution in [2.45, 2.75) is 20.4 Å². The minimum absolute atomic E-state index is 0.0654. The average Bonchev–Trinajstić information content (AvgIpc) is 2.79. The van der Waals surface area contributed by atoms with Crippen molar-refractivity contribution in [3.8, 4) is 5.88 Å². The molecular formula is C25H31N5O2. The van der Waals surface area contributed by atoms with Gasteiger partial charge >= 0.3 is 0 Å². The molecule has 7 nitrogen and oxygen atoms in total. The number of aromatic nitrogens is 2. The Bertz CT molecular complexity index is 1370. The van der Waals surface area contributed by atoms with E-state index in [0.29, 0.717) is 40.0 Å². The molecule has 0 radical (unpaired) electrons. The van der Waals surface area contributed by atoms with Crippen LogP contribution in [0.4, 0.5) is 0 Å². The molecule has 1 N–H and O–H groups in total. The fourth-order valence-corrected chi connectivity index (χ4v) is 4.26. The third-order valence-corrected chi connectivity index (χ3v) is 6.13. The van der Waals surface area contributed by atoms with Gasteiger partial charge < -0.3 is 14.9 Å². The van der Waals surface area contributed by atoms with Crippen LogP contribution in [0.25, 0.3) is 32.4 Å². The molecule has 0 unspecified atom stereocenters. The molecule has 4 aromatic rings. The summed E-state index contributed by atoms with van der Waals surface area (Å²) in [6.45, 7) is 8.87. The Hall–Kier alpha value is -3.03. The second-order valence-corrected chi connectivity index (χ2v) is 8.36. The van der Waals surface area contributed by atoms with Crippen LogP contribution in [0.3, 0.4) is 0 Å². The molecule has 0 aliphatic carbocycles. The minimum atomic E-state index is -0.0654. The van der Waals surface area contributed by atoms with Gasteiger partial charge in [-0.25, -0.2) is 4.68 Å². The van der Waals surface area contributed by atoms with Crippen LogP contribution in [-0.2, 0) is 6.54 Å². The van der Waals surface area contributed by atoms with E-state index in [4.69, 9.17) is 10.1 Å². The molecule has 1 aromatic heterocycles. The molecular weight excluding hydrogens is 402 g/mol. The number of nitrogens with zero attached hydrogens (tertiary/aromatic N) is 5. The summed E-state index contributed by atoms with van der Waals surface area (Å²) in [6, 6.07) is 11.3. The first-order valence-corrected chi connectivity index (χ1v) is 11.2. The third-order valence-electron chi connectivity index (χ3n) is 6.13. The minimum Gasteiger partial charge on any atom is -0.493 e. The van der Waals surface area contributed by atoms with Crippen LogP contribution in [0.2, 0.25) is 0 Å². The van der Waals surface area contributed by atoms with Crippen molar-refractivity contribution in [2.24, 2.45) is 4.99 Å². The van der Waals surface area contributed by atoms with E-state index in [1.165, 1.54) is 0 Å². The number of likely N-dealkylation sites (N-methyl/N-ethyl adjacent to an activating group) is 2. The first kappa shape index (κ1) is 22.2. The third kappa shape index (κ3) is 3.94. The van der Waals surface area contributed by atoms with Crippen LogP contribution in [-0.4, -0.2) is 71.5 Å². The highest BCUT2D eigenvalue weighted by molar-refractivity contribution is 6.20. The van der Waals surface area contributed by atoms with Gasteiger partial charge in [0.2, 0.25) is 5.88 Å². The summed E-state index contributed by atoms with van der Waals surface area (Å²) in [4.78, 5) is 22.6. The van der Waals surface area contributed by atoms with Gasteiger partial charge in [0, 0.05) is 34.6 Å². The zero-order chi connectivity index (χ0) is 22.8. The van der Waals surface area contributed by atoms with Crippen LogP contribution in [0, 0.1) is 0 Å². The molecule has 3 aromatic carbocycles. The smallest absolute Gasteiger partial charge is 0.215 e. The topological polar surface area (TPSA) is 74.0 Å². The summed E-state index contributed by atoms with van der Waals surface area (Å²) in [5, 5.41) is 19.9. The number of benzene rings is 3. The standard InChI is InChI=1S/C25H31N5O2/c1-5-29(6-2)15-16-30-25(32)19-11-12-20(26-13-14-28(3)4)22-21(19)23(27-30)17-9-7-8-10-18(17)24(22)31/h7-12,32H,5-6,13-16H2,1-4H3. The maximum absolute atomic E-state index is 13.5. The van der Waals surface area contributed by atoms with E-state index in [1.807, 2.05) is 50.5 Å². The molecule has 0 saturated carbocycles. The van der Waals surface area contributed by atoms with Crippen molar-refractivity contribution in [1.82, 2.24) is 19.6 Å². The van der Waals surface area contributed by atoms with Gasteiger partial charge in [-0.05, 0) is 39.3 Å². The quantitative estimate of drug-likeness (QED) is 0.342. The van der Waals surface area contributed by atoms with Crippen molar-refractivity contribution < 1.29 is 5.11 Å². The second kappa shape index (κ2) is 9.22. The van der Waals surface area contributed by atoms with Gasteiger partial charge in [0.15, 0.2) is 5.43 Å². The zero-order valence-corrected chi connectivity index (χ0v) is 19.3. The summed E-state index contributed by atoms with van der Waals surface area (Å²) < 4.78 is 1.66. The molecule has 32 heavy (non-hydrogen) atoms. The number of fused-ring (bicyclic) bond motifs is 2. The van der Waals surface area contributed by atoms with Crippen LogP contribution in [0.5, 0.6) is 5.88 Å². The van der Waals surface area contributed by atoms with Crippen LogP contribution in [0.1, 0.15) is 13.8 Å². The molecule has 7 heteroatoms. The molecule has 0 fully saturated rings. The lowest BCUT2D eigenvalue weighted by atomic mass is 9.98. The van der Waals surface area contributed by atoms with Crippen LogP contribution >= 0.6 is 0 Å². The molecule has 168 valence electrons. The van der Waals surface area contributed by atoms with E-state index in [9.17, 15) is 9.90 Å². The average molecular weight is 434 g/mol. The normalized spacial score (nSPS) is 12.9. The number of hydrogen-bond donors (Lipinski definition) is 1. The molecule has 4 rings (SSSR count). The van der Waals surface area contributed by atoms with E-state index >= 15 is 0 Å².